The normalized spacial score (nSPS) is 22.6. The van der Waals surface area contributed by atoms with Gasteiger partial charge in [0.05, 0.1) is 0 Å². The lowest BCUT2D eigenvalue weighted by Crippen LogP contribution is -2.42. The Balaban J connectivity index is 2.03. The summed E-state index contributed by atoms with van der Waals surface area (Å²) in [5, 5.41) is 3.33. The monoisotopic (exact) mass is 338 g/mol. The van der Waals surface area contributed by atoms with Gasteiger partial charge in [0.1, 0.15) is 0 Å². The van der Waals surface area contributed by atoms with Crippen molar-refractivity contribution >= 4 is 21.8 Å². The number of hydrogen-bond acceptors (Lipinski definition) is 2. The second kappa shape index (κ2) is 6.72. The molecular weight excluding hydrogens is 316 g/mol. The Hall–Kier alpha value is -0.870. The van der Waals surface area contributed by atoms with Crippen molar-refractivity contribution in [1.82, 2.24) is 10.2 Å². The van der Waals surface area contributed by atoms with E-state index in [1.807, 2.05) is 44.1 Å². The number of hydrogen-bond donors (Lipinski definition) is 1. The minimum Gasteiger partial charge on any atom is -0.339 e. The van der Waals surface area contributed by atoms with Crippen molar-refractivity contribution in [3.8, 4) is 0 Å². The number of carbonyl (C=O) groups is 1. The van der Waals surface area contributed by atoms with Gasteiger partial charge >= 0.3 is 0 Å². The number of nitrogens with one attached hydrogen (secondary N) is 1. The van der Waals surface area contributed by atoms with E-state index >= 15 is 0 Å². The van der Waals surface area contributed by atoms with Gasteiger partial charge in [-0.3, -0.25) is 4.79 Å². The summed E-state index contributed by atoms with van der Waals surface area (Å²) >= 11 is 3.50. The number of carbonyl (C=O) groups excluding carboxylic acids is 1. The molecular formula is C16H23BrN2O. The molecule has 3 nitrogen and oxygen atoms in total. The van der Waals surface area contributed by atoms with Crippen LogP contribution in [0.25, 0.3) is 0 Å². The molecule has 0 atom stereocenters. The average Bonchev–Trinajstić information content (AvgIpc) is 2.48. The van der Waals surface area contributed by atoms with Gasteiger partial charge in [0.2, 0.25) is 0 Å². The Bertz CT molecular complexity index is 481. The van der Waals surface area contributed by atoms with E-state index in [0.717, 1.165) is 41.3 Å². The maximum absolute atomic E-state index is 12.5. The van der Waals surface area contributed by atoms with Gasteiger partial charge in [0.25, 0.3) is 5.91 Å². The lowest BCUT2D eigenvalue weighted by molar-refractivity contribution is 0.0685. The zero-order valence-corrected chi connectivity index (χ0v) is 14.0. The van der Waals surface area contributed by atoms with Crippen LogP contribution in [0, 0.1) is 6.92 Å². The van der Waals surface area contributed by atoms with Crippen LogP contribution in [0.4, 0.5) is 0 Å². The number of benzene rings is 1. The molecule has 1 saturated carbocycles. The lowest BCUT2D eigenvalue weighted by atomic mass is 9.90. The largest absolute Gasteiger partial charge is 0.339 e. The Morgan fingerprint density at radius 2 is 1.95 bits per heavy atom. The summed E-state index contributed by atoms with van der Waals surface area (Å²) in [6.45, 7) is 2.03. The molecule has 0 radical (unpaired) electrons. The summed E-state index contributed by atoms with van der Waals surface area (Å²) in [4.78, 5) is 14.5. The van der Waals surface area contributed by atoms with Gasteiger partial charge in [-0.1, -0.05) is 22.0 Å². The first-order valence-corrected chi connectivity index (χ1v) is 8.02. The van der Waals surface area contributed by atoms with Crippen molar-refractivity contribution in [3.63, 3.8) is 0 Å². The molecule has 110 valence electrons. The van der Waals surface area contributed by atoms with Crippen molar-refractivity contribution in [1.29, 1.82) is 0 Å². The fourth-order valence-electron chi connectivity index (χ4n) is 2.85. The van der Waals surface area contributed by atoms with Gasteiger partial charge in [-0.2, -0.15) is 0 Å². The highest BCUT2D eigenvalue weighted by Gasteiger charge is 2.26. The molecule has 1 aromatic carbocycles. The van der Waals surface area contributed by atoms with Crippen LogP contribution in [-0.2, 0) is 0 Å². The number of amides is 1. The third kappa shape index (κ3) is 3.41. The van der Waals surface area contributed by atoms with Gasteiger partial charge in [-0.25, -0.2) is 0 Å². The number of rotatable bonds is 3. The molecule has 1 aliphatic rings. The third-order valence-electron chi connectivity index (χ3n) is 4.39. The highest BCUT2D eigenvalue weighted by atomic mass is 79.9. The minimum atomic E-state index is 0.124. The van der Waals surface area contributed by atoms with Crippen molar-refractivity contribution in [2.75, 3.05) is 14.1 Å². The molecule has 20 heavy (non-hydrogen) atoms. The Morgan fingerprint density at radius 1 is 1.30 bits per heavy atom. The van der Waals surface area contributed by atoms with E-state index < -0.39 is 0 Å². The standard InChI is InChI=1S/C16H23BrN2O/c1-11-4-5-12(10-15(11)17)16(20)19(3)14-8-6-13(18-2)7-9-14/h4-5,10,13-14,18H,6-9H2,1-3H3. The van der Waals surface area contributed by atoms with E-state index in [1.54, 1.807) is 0 Å². The van der Waals surface area contributed by atoms with E-state index in [9.17, 15) is 4.79 Å². The van der Waals surface area contributed by atoms with Crippen LogP contribution in [0.3, 0.4) is 0 Å². The molecule has 2 rings (SSSR count). The van der Waals surface area contributed by atoms with Crippen LogP contribution >= 0.6 is 15.9 Å². The molecule has 1 N–H and O–H groups in total. The first-order valence-electron chi connectivity index (χ1n) is 7.23. The molecule has 0 spiro atoms. The molecule has 0 bridgehead atoms. The molecule has 1 amide bonds. The van der Waals surface area contributed by atoms with Gasteiger partial charge in [0.15, 0.2) is 0 Å². The lowest BCUT2D eigenvalue weighted by Gasteiger charge is -2.34. The maximum atomic E-state index is 12.5. The van der Waals surface area contributed by atoms with Crippen molar-refractivity contribution in [2.24, 2.45) is 0 Å². The summed E-state index contributed by atoms with van der Waals surface area (Å²) in [6.07, 6.45) is 4.47. The second-order valence-corrected chi connectivity index (χ2v) is 6.53. The zero-order valence-electron chi connectivity index (χ0n) is 12.4. The van der Waals surface area contributed by atoms with Crippen molar-refractivity contribution in [3.05, 3.63) is 33.8 Å². The first kappa shape index (κ1) is 15.5. The quantitative estimate of drug-likeness (QED) is 0.916. The Kier molecular flexibility index (Phi) is 5.22. The van der Waals surface area contributed by atoms with Gasteiger partial charge < -0.3 is 10.2 Å². The zero-order chi connectivity index (χ0) is 14.7. The Morgan fingerprint density at radius 3 is 2.50 bits per heavy atom. The van der Waals surface area contributed by atoms with E-state index in [1.165, 1.54) is 0 Å². The summed E-state index contributed by atoms with van der Waals surface area (Å²) in [7, 11) is 3.95. The van der Waals surface area contributed by atoms with Crippen molar-refractivity contribution in [2.45, 2.75) is 44.7 Å². The fourth-order valence-corrected chi connectivity index (χ4v) is 3.23. The van der Waals surface area contributed by atoms with Crippen LogP contribution in [0.15, 0.2) is 22.7 Å². The van der Waals surface area contributed by atoms with Gasteiger partial charge in [0, 0.05) is 29.2 Å². The number of nitrogens with zero attached hydrogens (tertiary/aromatic N) is 1. The van der Waals surface area contributed by atoms with Crippen LogP contribution in [0.5, 0.6) is 0 Å². The second-order valence-electron chi connectivity index (χ2n) is 5.67. The summed E-state index contributed by atoms with van der Waals surface area (Å²) in [5.74, 6) is 0.124. The SMILES string of the molecule is CNC1CCC(N(C)C(=O)c2ccc(C)c(Br)c2)CC1. The molecule has 0 heterocycles. The maximum Gasteiger partial charge on any atom is 0.253 e. The Labute approximate surface area is 129 Å². The summed E-state index contributed by atoms with van der Waals surface area (Å²) in [5.41, 5.74) is 1.92. The molecule has 1 aliphatic carbocycles. The van der Waals surface area contributed by atoms with Crippen LogP contribution < -0.4 is 5.32 Å². The predicted octanol–water partition coefficient (Wildman–Crippen LogP) is 3.36. The summed E-state index contributed by atoms with van der Waals surface area (Å²) in [6, 6.07) is 6.81. The highest BCUT2D eigenvalue weighted by Crippen LogP contribution is 2.24. The molecule has 0 aromatic heterocycles. The molecule has 0 unspecified atom stereocenters. The molecule has 4 heteroatoms. The molecule has 1 fully saturated rings. The predicted molar refractivity (Wildman–Crippen MR) is 86.1 cm³/mol. The number of aryl methyl sites for hydroxylation is 1. The highest BCUT2D eigenvalue weighted by molar-refractivity contribution is 9.10. The van der Waals surface area contributed by atoms with Crippen LogP contribution in [0.2, 0.25) is 0 Å². The smallest absolute Gasteiger partial charge is 0.253 e. The van der Waals surface area contributed by atoms with Crippen molar-refractivity contribution < 1.29 is 4.79 Å². The topological polar surface area (TPSA) is 32.3 Å². The van der Waals surface area contributed by atoms with E-state index in [2.05, 4.69) is 21.2 Å². The summed E-state index contributed by atoms with van der Waals surface area (Å²) < 4.78 is 0.996. The van der Waals surface area contributed by atoms with Gasteiger partial charge in [-0.15, -0.1) is 0 Å². The first-order chi connectivity index (χ1) is 9.52. The minimum absolute atomic E-state index is 0.124. The molecule has 0 saturated heterocycles. The van der Waals surface area contributed by atoms with E-state index in [-0.39, 0.29) is 5.91 Å². The molecule has 0 aliphatic heterocycles. The molecule has 1 aromatic rings. The fraction of sp³-hybridized carbons (Fsp3) is 0.562. The third-order valence-corrected chi connectivity index (χ3v) is 5.25. The van der Waals surface area contributed by atoms with E-state index in [0.29, 0.717) is 12.1 Å². The van der Waals surface area contributed by atoms with E-state index in [4.69, 9.17) is 0 Å². The average molecular weight is 339 g/mol. The van der Waals surface area contributed by atoms with Crippen LogP contribution in [0.1, 0.15) is 41.6 Å². The van der Waals surface area contributed by atoms with Crippen LogP contribution in [-0.4, -0.2) is 37.0 Å². The number of halogens is 1. The van der Waals surface area contributed by atoms with Gasteiger partial charge in [-0.05, 0) is 57.4 Å².